The van der Waals surface area contributed by atoms with E-state index in [4.69, 9.17) is 5.73 Å². The van der Waals surface area contributed by atoms with Crippen molar-refractivity contribution in [3.05, 3.63) is 0 Å². The molecule has 0 aliphatic carbocycles. The van der Waals surface area contributed by atoms with Crippen molar-refractivity contribution < 1.29 is 13.2 Å². The Hall–Kier alpha value is -0.620. The van der Waals surface area contributed by atoms with E-state index in [0.717, 1.165) is 0 Å². The molecule has 0 radical (unpaired) electrons. The van der Waals surface area contributed by atoms with Crippen LogP contribution in [0.1, 0.15) is 33.6 Å². The number of amides is 1. The average molecular weight is 250 g/mol. The number of rotatable bonds is 7. The van der Waals surface area contributed by atoms with Gasteiger partial charge in [-0.2, -0.15) is 0 Å². The van der Waals surface area contributed by atoms with Crippen molar-refractivity contribution in [2.24, 2.45) is 5.73 Å². The maximum absolute atomic E-state index is 11.6. The maximum Gasteiger partial charge on any atom is 0.235 e. The van der Waals surface area contributed by atoms with Gasteiger partial charge in [0.2, 0.25) is 5.91 Å². The highest BCUT2D eigenvalue weighted by Gasteiger charge is 2.27. The number of nitrogens with one attached hydrogen (secondary N) is 1. The molecule has 0 aromatic heterocycles. The van der Waals surface area contributed by atoms with Gasteiger partial charge in [0.1, 0.15) is 5.75 Å². The number of carbonyl (C=O) groups excluding carboxylic acids is 1. The summed E-state index contributed by atoms with van der Waals surface area (Å²) in [7, 11) is -3.27. The molecule has 6 heteroatoms. The molecular weight excluding hydrogens is 228 g/mol. The van der Waals surface area contributed by atoms with Crippen LogP contribution < -0.4 is 11.1 Å². The van der Waals surface area contributed by atoms with Crippen LogP contribution in [0.5, 0.6) is 0 Å². The molecule has 0 atom stereocenters. The normalized spacial score (nSPS) is 12.5. The zero-order valence-corrected chi connectivity index (χ0v) is 11.1. The molecule has 5 nitrogen and oxygen atoms in total. The highest BCUT2D eigenvalue weighted by Crippen LogP contribution is 2.13. The van der Waals surface area contributed by atoms with E-state index in [1.54, 1.807) is 0 Å². The van der Waals surface area contributed by atoms with Crippen LogP contribution in [0.4, 0.5) is 0 Å². The number of carbonyl (C=O) groups is 1. The molecule has 0 fully saturated rings. The van der Waals surface area contributed by atoms with Gasteiger partial charge in [-0.1, -0.05) is 20.8 Å². The summed E-state index contributed by atoms with van der Waals surface area (Å²) in [6, 6.07) is 0. The van der Waals surface area contributed by atoms with Gasteiger partial charge >= 0.3 is 0 Å². The summed E-state index contributed by atoms with van der Waals surface area (Å²) < 4.78 is 22.5. The molecule has 3 N–H and O–H groups in total. The van der Waals surface area contributed by atoms with Crippen LogP contribution in [-0.2, 0) is 14.6 Å². The Balaban J connectivity index is 4.55. The van der Waals surface area contributed by atoms with Crippen molar-refractivity contribution >= 4 is 15.7 Å². The first-order valence-corrected chi connectivity index (χ1v) is 7.38. The van der Waals surface area contributed by atoms with Gasteiger partial charge in [-0.15, -0.1) is 0 Å². The quantitative estimate of drug-likeness (QED) is 0.668. The third-order valence-corrected chi connectivity index (χ3v) is 4.52. The molecule has 96 valence electrons. The SMILES string of the molecule is CCC(CC)(CN)NC(=O)CS(=O)(=O)CC. The van der Waals surface area contributed by atoms with Crippen LogP contribution in [-0.4, -0.2) is 37.9 Å². The Morgan fingerprint density at radius 2 is 1.75 bits per heavy atom. The lowest BCUT2D eigenvalue weighted by Crippen LogP contribution is -2.54. The maximum atomic E-state index is 11.6. The van der Waals surface area contributed by atoms with Crippen LogP contribution in [0.2, 0.25) is 0 Å². The number of hydrogen-bond donors (Lipinski definition) is 2. The lowest BCUT2D eigenvalue weighted by Gasteiger charge is -2.31. The fourth-order valence-electron chi connectivity index (χ4n) is 1.40. The molecule has 0 unspecified atom stereocenters. The van der Waals surface area contributed by atoms with E-state index in [-0.39, 0.29) is 5.75 Å². The largest absolute Gasteiger partial charge is 0.349 e. The molecule has 0 saturated carbocycles. The Morgan fingerprint density at radius 1 is 1.25 bits per heavy atom. The molecule has 0 aromatic carbocycles. The fraction of sp³-hybridized carbons (Fsp3) is 0.900. The Kier molecular flexibility index (Phi) is 5.96. The van der Waals surface area contributed by atoms with Crippen LogP contribution >= 0.6 is 0 Å². The Bertz CT molecular complexity index is 313. The number of sulfone groups is 1. The minimum absolute atomic E-state index is 0.0195. The lowest BCUT2D eigenvalue weighted by atomic mass is 9.93. The molecule has 0 spiro atoms. The zero-order chi connectivity index (χ0) is 12.8. The van der Waals surface area contributed by atoms with Crippen molar-refractivity contribution in [3.8, 4) is 0 Å². The van der Waals surface area contributed by atoms with Crippen LogP contribution in [0.3, 0.4) is 0 Å². The Labute approximate surface area is 97.7 Å². The monoisotopic (exact) mass is 250 g/mol. The molecule has 0 rings (SSSR count). The summed E-state index contributed by atoms with van der Waals surface area (Å²) in [5, 5.41) is 2.73. The highest BCUT2D eigenvalue weighted by atomic mass is 32.2. The van der Waals surface area contributed by atoms with E-state index in [9.17, 15) is 13.2 Å². The predicted molar refractivity (Wildman–Crippen MR) is 64.8 cm³/mol. The molecule has 0 bridgehead atoms. The van der Waals surface area contributed by atoms with E-state index in [0.29, 0.717) is 19.4 Å². The third-order valence-electron chi connectivity index (χ3n) is 2.94. The molecule has 0 aliphatic rings. The molecule has 0 aliphatic heterocycles. The van der Waals surface area contributed by atoms with E-state index in [1.165, 1.54) is 6.92 Å². The van der Waals surface area contributed by atoms with Gasteiger partial charge < -0.3 is 11.1 Å². The topological polar surface area (TPSA) is 89.3 Å². The third kappa shape index (κ3) is 4.49. The van der Waals surface area contributed by atoms with Gasteiger partial charge in [-0.25, -0.2) is 8.42 Å². The van der Waals surface area contributed by atoms with Crippen molar-refractivity contribution in [2.75, 3.05) is 18.1 Å². The van der Waals surface area contributed by atoms with Crippen LogP contribution in [0, 0.1) is 0 Å². The summed E-state index contributed by atoms with van der Waals surface area (Å²) in [5.41, 5.74) is 5.14. The van der Waals surface area contributed by atoms with Gasteiger partial charge in [0.05, 0.1) is 5.54 Å². The molecule has 0 heterocycles. The molecule has 1 amide bonds. The zero-order valence-electron chi connectivity index (χ0n) is 10.2. The van der Waals surface area contributed by atoms with E-state index in [1.807, 2.05) is 13.8 Å². The molecular formula is C10H22N2O3S. The predicted octanol–water partition coefficient (Wildman–Crippen LogP) is 0.0548. The fourth-order valence-corrected chi connectivity index (χ4v) is 2.08. The van der Waals surface area contributed by atoms with Gasteiger partial charge in [-0.05, 0) is 12.8 Å². The molecule has 0 saturated heterocycles. The smallest absolute Gasteiger partial charge is 0.235 e. The average Bonchev–Trinajstić information content (AvgIpc) is 2.25. The molecule has 16 heavy (non-hydrogen) atoms. The lowest BCUT2D eigenvalue weighted by molar-refractivity contribution is -0.120. The van der Waals surface area contributed by atoms with Gasteiger partial charge in [-0.3, -0.25) is 4.79 Å². The van der Waals surface area contributed by atoms with Gasteiger partial charge in [0.25, 0.3) is 0 Å². The van der Waals surface area contributed by atoms with Crippen molar-refractivity contribution in [2.45, 2.75) is 39.2 Å². The Morgan fingerprint density at radius 3 is 2.06 bits per heavy atom. The van der Waals surface area contributed by atoms with E-state index in [2.05, 4.69) is 5.32 Å². The van der Waals surface area contributed by atoms with E-state index >= 15 is 0 Å². The minimum Gasteiger partial charge on any atom is -0.349 e. The summed E-state index contributed by atoms with van der Waals surface area (Å²) in [4.78, 5) is 11.6. The van der Waals surface area contributed by atoms with Crippen molar-refractivity contribution in [1.82, 2.24) is 5.32 Å². The van der Waals surface area contributed by atoms with Crippen molar-refractivity contribution in [1.29, 1.82) is 0 Å². The number of nitrogens with two attached hydrogens (primary N) is 1. The van der Waals surface area contributed by atoms with Crippen LogP contribution in [0.15, 0.2) is 0 Å². The molecule has 0 aromatic rings. The van der Waals surface area contributed by atoms with Crippen LogP contribution in [0.25, 0.3) is 0 Å². The first-order chi connectivity index (χ1) is 7.34. The van der Waals surface area contributed by atoms with Gasteiger partial charge in [0, 0.05) is 12.3 Å². The summed E-state index contributed by atoms with van der Waals surface area (Å²) >= 11 is 0. The first kappa shape index (κ1) is 15.4. The second kappa shape index (κ2) is 6.20. The van der Waals surface area contributed by atoms with Crippen molar-refractivity contribution in [3.63, 3.8) is 0 Å². The summed E-state index contributed by atoms with van der Waals surface area (Å²) in [6.07, 6.45) is 1.38. The number of hydrogen-bond acceptors (Lipinski definition) is 4. The summed E-state index contributed by atoms with van der Waals surface area (Å²) in [6.45, 7) is 5.69. The van der Waals surface area contributed by atoms with E-state index < -0.39 is 27.0 Å². The first-order valence-electron chi connectivity index (χ1n) is 5.56. The standard InChI is InChI=1S/C10H22N2O3S/c1-4-10(5-2,8-11)12-9(13)7-16(14,15)6-3/h4-8,11H2,1-3H3,(H,12,13). The second-order valence-corrected chi connectivity index (χ2v) is 6.27. The second-order valence-electron chi connectivity index (χ2n) is 3.92. The summed E-state index contributed by atoms with van der Waals surface area (Å²) in [5.74, 6) is -0.935. The van der Waals surface area contributed by atoms with Gasteiger partial charge in [0.15, 0.2) is 9.84 Å². The minimum atomic E-state index is -3.27. The highest BCUT2D eigenvalue weighted by molar-refractivity contribution is 7.92.